The number of para-hydroxylation sites is 1. The molecule has 2 heterocycles. The van der Waals surface area contributed by atoms with Crippen molar-refractivity contribution in [1.82, 2.24) is 10.3 Å². The van der Waals surface area contributed by atoms with Gasteiger partial charge in [-0.3, -0.25) is 0 Å². The molecule has 1 aliphatic heterocycles. The van der Waals surface area contributed by atoms with Gasteiger partial charge in [0.15, 0.2) is 0 Å². The Kier molecular flexibility index (Phi) is 2.19. The Labute approximate surface area is 113 Å². The highest BCUT2D eigenvalue weighted by atomic mass is 15.0. The van der Waals surface area contributed by atoms with Crippen LogP contribution >= 0.6 is 0 Å². The van der Waals surface area contributed by atoms with Crippen LogP contribution in [0.2, 0.25) is 0 Å². The zero-order chi connectivity index (χ0) is 13.6. The SMILES string of the molecule is [2H][C@@]1(c2ccccc2)NCCc2c1[nH]c1ccccc21. The van der Waals surface area contributed by atoms with Crippen LogP contribution in [0.5, 0.6) is 0 Å². The third kappa shape index (κ3) is 1.68. The Morgan fingerprint density at radius 2 is 1.79 bits per heavy atom. The van der Waals surface area contributed by atoms with Crippen LogP contribution in [0.4, 0.5) is 0 Å². The molecular formula is C17H16N2. The van der Waals surface area contributed by atoms with E-state index in [2.05, 4.69) is 28.5 Å². The van der Waals surface area contributed by atoms with Crippen molar-refractivity contribution in [3.8, 4) is 0 Å². The van der Waals surface area contributed by atoms with E-state index >= 15 is 0 Å². The lowest BCUT2D eigenvalue weighted by molar-refractivity contribution is 0.560. The van der Waals surface area contributed by atoms with Crippen molar-refractivity contribution in [2.75, 3.05) is 6.54 Å². The fourth-order valence-corrected chi connectivity index (χ4v) is 2.93. The zero-order valence-corrected chi connectivity index (χ0v) is 10.6. The number of hydrogen-bond donors (Lipinski definition) is 2. The van der Waals surface area contributed by atoms with Gasteiger partial charge in [-0.05, 0) is 23.6 Å². The predicted molar refractivity (Wildman–Crippen MR) is 78.3 cm³/mol. The van der Waals surface area contributed by atoms with Crippen molar-refractivity contribution in [1.29, 1.82) is 0 Å². The molecule has 94 valence electrons. The molecule has 2 nitrogen and oxygen atoms in total. The summed E-state index contributed by atoms with van der Waals surface area (Å²) in [4.78, 5) is 3.46. The lowest BCUT2D eigenvalue weighted by Gasteiger charge is -2.24. The number of aromatic amines is 1. The van der Waals surface area contributed by atoms with E-state index in [0.29, 0.717) is 0 Å². The van der Waals surface area contributed by atoms with Crippen molar-refractivity contribution in [2.24, 2.45) is 0 Å². The summed E-state index contributed by atoms with van der Waals surface area (Å²) in [6, 6.07) is 17.4. The Morgan fingerprint density at radius 1 is 1.00 bits per heavy atom. The molecule has 2 N–H and O–H groups in total. The Hall–Kier alpha value is -2.06. The van der Waals surface area contributed by atoms with E-state index in [1.165, 1.54) is 10.9 Å². The van der Waals surface area contributed by atoms with Gasteiger partial charge in [0.05, 0.1) is 7.39 Å². The maximum absolute atomic E-state index is 8.93. The number of H-pyrrole nitrogens is 1. The summed E-state index contributed by atoms with van der Waals surface area (Å²) in [5.74, 6) is 0. The summed E-state index contributed by atoms with van der Waals surface area (Å²) >= 11 is 0. The summed E-state index contributed by atoms with van der Waals surface area (Å²) < 4.78 is 8.93. The van der Waals surface area contributed by atoms with Crippen LogP contribution in [-0.4, -0.2) is 11.5 Å². The van der Waals surface area contributed by atoms with Gasteiger partial charge in [0.25, 0.3) is 0 Å². The van der Waals surface area contributed by atoms with Gasteiger partial charge in [0.2, 0.25) is 0 Å². The molecule has 2 aromatic carbocycles. The van der Waals surface area contributed by atoms with Gasteiger partial charge in [-0.25, -0.2) is 0 Å². The summed E-state index contributed by atoms with van der Waals surface area (Å²) in [5.41, 5.74) is 4.36. The van der Waals surface area contributed by atoms with Crippen LogP contribution in [0.3, 0.4) is 0 Å². The van der Waals surface area contributed by atoms with Gasteiger partial charge in [-0.2, -0.15) is 0 Å². The number of aromatic nitrogens is 1. The molecule has 0 radical (unpaired) electrons. The molecule has 0 bridgehead atoms. The second-order valence-electron chi connectivity index (χ2n) is 4.94. The van der Waals surface area contributed by atoms with Crippen LogP contribution in [0.15, 0.2) is 54.6 Å². The molecule has 0 saturated carbocycles. The van der Waals surface area contributed by atoms with Gasteiger partial charge >= 0.3 is 0 Å². The average molecular weight is 249 g/mol. The fraction of sp³-hybridized carbons (Fsp3) is 0.176. The summed E-state index contributed by atoms with van der Waals surface area (Å²) in [6.45, 7) is 0.827. The number of rotatable bonds is 1. The first-order chi connectivity index (χ1) is 9.79. The Bertz CT molecular complexity index is 763. The molecule has 0 amide bonds. The quantitative estimate of drug-likeness (QED) is 0.679. The van der Waals surface area contributed by atoms with Crippen molar-refractivity contribution in [2.45, 2.75) is 12.4 Å². The van der Waals surface area contributed by atoms with Gasteiger partial charge < -0.3 is 10.3 Å². The molecule has 4 rings (SSSR count). The fourth-order valence-electron chi connectivity index (χ4n) is 2.93. The van der Waals surface area contributed by atoms with E-state index in [1.54, 1.807) is 0 Å². The van der Waals surface area contributed by atoms with E-state index in [1.807, 2.05) is 36.4 Å². The van der Waals surface area contributed by atoms with E-state index in [-0.39, 0.29) is 0 Å². The van der Waals surface area contributed by atoms with Crippen molar-refractivity contribution < 1.29 is 1.37 Å². The molecule has 0 aliphatic carbocycles. The zero-order valence-electron chi connectivity index (χ0n) is 11.6. The molecule has 1 aromatic heterocycles. The van der Waals surface area contributed by atoms with Crippen LogP contribution in [0.1, 0.15) is 24.2 Å². The smallest absolute Gasteiger partial charge is 0.0732 e. The first-order valence-electron chi connectivity index (χ1n) is 7.20. The molecule has 2 heteroatoms. The minimum atomic E-state index is -0.881. The Balaban J connectivity index is 1.99. The summed E-state index contributed by atoms with van der Waals surface area (Å²) in [5, 5.41) is 4.61. The maximum Gasteiger partial charge on any atom is 0.0732 e. The summed E-state index contributed by atoms with van der Waals surface area (Å²) in [6.07, 6.45) is 0.965. The molecule has 0 unspecified atom stereocenters. The number of nitrogens with one attached hydrogen (secondary N) is 2. The number of hydrogen-bond acceptors (Lipinski definition) is 1. The van der Waals surface area contributed by atoms with Gasteiger partial charge in [-0.15, -0.1) is 0 Å². The monoisotopic (exact) mass is 249 g/mol. The minimum Gasteiger partial charge on any atom is -0.357 e. The molecular weight excluding hydrogens is 232 g/mol. The van der Waals surface area contributed by atoms with Gasteiger partial charge in [-0.1, -0.05) is 48.5 Å². The lowest BCUT2D eigenvalue weighted by Crippen LogP contribution is -2.30. The maximum atomic E-state index is 8.93. The van der Waals surface area contributed by atoms with Crippen molar-refractivity contribution in [3.63, 3.8) is 0 Å². The predicted octanol–water partition coefficient (Wildman–Crippen LogP) is 3.40. The first-order valence-corrected chi connectivity index (χ1v) is 6.70. The normalized spacial score (nSPS) is 23.1. The van der Waals surface area contributed by atoms with E-state index in [9.17, 15) is 0 Å². The van der Waals surface area contributed by atoms with Crippen molar-refractivity contribution in [3.05, 3.63) is 71.4 Å². The van der Waals surface area contributed by atoms with E-state index in [0.717, 1.165) is 29.7 Å². The number of benzene rings is 2. The first kappa shape index (κ1) is 9.82. The molecule has 19 heavy (non-hydrogen) atoms. The number of fused-ring (bicyclic) bond motifs is 3. The molecule has 0 spiro atoms. The second-order valence-corrected chi connectivity index (χ2v) is 4.94. The Morgan fingerprint density at radius 3 is 2.68 bits per heavy atom. The van der Waals surface area contributed by atoms with Crippen LogP contribution in [-0.2, 0) is 6.42 Å². The van der Waals surface area contributed by atoms with Crippen LogP contribution < -0.4 is 5.32 Å². The topological polar surface area (TPSA) is 27.8 Å². The van der Waals surface area contributed by atoms with Crippen LogP contribution in [0.25, 0.3) is 10.9 Å². The van der Waals surface area contributed by atoms with Crippen LogP contribution in [0, 0.1) is 0 Å². The highest BCUT2D eigenvalue weighted by Crippen LogP contribution is 2.33. The standard InChI is InChI=1S/C17H16N2/c1-2-6-12(7-3-1)16-17-14(10-11-18-16)13-8-4-5-9-15(13)19-17/h1-9,16,18-19H,10-11H2/t16-/m0/s1/i16D. The van der Waals surface area contributed by atoms with Crippen molar-refractivity contribution >= 4 is 10.9 Å². The van der Waals surface area contributed by atoms with Gasteiger partial charge in [0, 0.05) is 23.1 Å². The van der Waals surface area contributed by atoms with Gasteiger partial charge in [0.1, 0.15) is 0 Å². The summed E-state index contributed by atoms with van der Waals surface area (Å²) in [7, 11) is 0. The van der Waals surface area contributed by atoms with E-state index < -0.39 is 6.02 Å². The molecule has 1 atom stereocenters. The lowest BCUT2D eigenvalue weighted by atomic mass is 9.94. The second kappa shape index (κ2) is 4.25. The molecule has 3 aromatic rings. The average Bonchev–Trinajstić information content (AvgIpc) is 2.89. The highest BCUT2D eigenvalue weighted by Gasteiger charge is 2.24. The highest BCUT2D eigenvalue weighted by molar-refractivity contribution is 5.85. The minimum absolute atomic E-state index is 0.827. The third-order valence-electron chi connectivity index (χ3n) is 3.80. The third-order valence-corrected chi connectivity index (χ3v) is 3.80. The van der Waals surface area contributed by atoms with E-state index in [4.69, 9.17) is 1.37 Å². The molecule has 0 saturated heterocycles. The molecule has 1 aliphatic rings. The molecule has 0 fully saturated rings. The largest absolute Gasteiger partial charge is 0.357 e.